The van der Waals surface area contributed by atoms with E-state index in [0.717, 1.165) is 49.1 Å². The molecule has 1 aliphatic heterocycles. The van der Waals surface area contributed by atoms with Crippen LogP contribution in [0.5, 0.6) is 5.75 Å². The summed E-state index contributed by atoms with van der Waals surface area (Å²) in [6.45, 7) is 2.53. The van der Waals surface area contributed by atoms with E-state index in [0.29, 0.717) is 11.3 Å². The lowest BCUT2D eigenvalue weighted by molar-refractivity contribution is 0.113. The molecule has 0 N–H and O–H groups in total. The third-order valence-electron chi connectivity index (χ3n) is 6.12. The molecule has 1 unspecified atom stereocenters. The van der Waals surface area contributed by atoms with Gasteiger partial charge in [-0.25, -0.2) is 8.78 Å². The predicted molar refractivity (Wildman–Crippen MR) is 119 cm³/mol. The molecule has 0 radical (unpaired) electrons. The van der Waals surface area contributed by atoms with Crippen LogP contribution in [0.25, 0.3) is 11.0 Å². The largest absolute Gasteiger partial charge is 0.484 e. The SMILES string of the molecule is Fc1ccc(OC(CN2CCC(c3noc4cc(F)ccc34)CC2)c2ccccc2)cc1. The van der Waals surface area contributed by atoms with Gasteiger partial charge in [-0.3, -0.25) is 4.90 Å². The summed E-state index contributed by atoms with van der Waals surface area (Å²) in [7, 11) is 0. The lowest BCUT2D eigenvalue weighted by atomic mass is 9.91. The minimum atomic E-state index is -0.317. The van der Waals surface area contributed by atoms with Gasteiger partial charge in [0.2, 0.25) is 0 Å². The molecule has 32 heavy (non-hydrogen) atoms. The fraction of sp³-hybridized carbons (Fsp3) is 0.269. The van der Waals surface area contributed by atoms with Crippen LogP contribution in [-0.4, -0.2) is 29.7 Å². The van der Waals surface area contributed by atoms with E-state index in [1.165, 1.54) is 24.3 Å². The van der Waals surface area contributed by atoms with Gasteiger partial charge in [0.05, 0.1) is 5.69 Å². The number of hydrogen-bond acceptors (Lipinski definition) is 4. The zero-order chi connectivity index (χ0) is 21.9. The standard InChI is InChI=1S/C26H24F2N2O2/c27-20-6-9-22(10-7-20)31-25(18-4-2-1-3-5-18)17-30-14-12-19(13-15-30)26-23-11-8-21(28)16-24(23)32-29-26/h1-11,16,19,25H,12-15,17H2. The third kappa shape index (κ3) is 4.50. The molecule has 1 atom stereocenters. The maximum atomic E-state index is 13.5. The molecule has 2 heterocycles. The number of fused-ring (bicyclic) bond motifs is 1. The maximum Gasteiger partial charge on any atom is 0.170 e. The van der Waals surface area contributed by atoms with E-state index < -0.39 is 0 Å². The van der Waals surface area contributed by atoms with Gasteiger partial charge in [-0.1, -0.05) is 35.5 Å². The molecule has 164 valence electrons. The van der Waals surface area contributed by atoms with Crippen molar-refractivity contribution in [2.75, 3.05) is 19.6 Å². The van der Waals surface area contributed by atoms with Crippen LogP contribution in [0.2, 0.25) is 0 Å². The van der Waals surface area contributed by atoms with Crippen LogP contribution in [0, 0.1) is 11.6 Å². The first-order chi connectivity index (χ1) is 15.7. The minimum Gasteiger partial charge on any atom is -0.484 e. The topological polar surface area (TPSA) is 38.5 Å². The summed E-state index contributed by atoms with van der Waals surface area (Å²) in [4.78, 5) is 2.39. The number of piperidine rings is 1. The summed E-state index contributed by atoms with van der Waals surface area (Å²) >= 11 is 0. The van der Waals surface area contributed by atoms with Crippen molar-refractivity contribution < 1.29 is 18.0 Å². The first-order valence-corrected chi connectivity index (χ1v) is 10.9. The van der Waals surface area contributed by atoms with E-state index in [9.17, 15) is 8.78 Å². The van der Waals surface area contributed by atoms with Crippen molar-refractivity contribution in [1.82, 2.24) is 10.1 Å². The number of rotatable bonds is 6. The maximum absolute atomic E-state index is 13.5. The lowest BCUT2D eigenvalue weighted by Crippen LogP contribution is -2.37. The summed E-state index contributed by atoms with van der Waals surface area (Å²) in [6, 6.07) is 20.8. The van der Waals surface area contributed by atoms with Crippen molar-refractivity contribution in [1.29, 1.82) is 0 Å². The Labute approximate surface area is 185 Å². The number of ether oxygens (including phenoxy) is 1. The minimum absolute atomic E-state index is 0.158. The van der Waals surface area contributed by atoms with Crippen LogP contribution >= 0.6 is 0 Å². The average Bonchev–Trinajstić information content (AvgIpc) is 3.24. The first kappa shape index (κ1) is 20.6. The van der Waals surface area contributed by atoms with Gasteiger partial charge >= 0.3 is 0 Å². The van der Waals surface area contributed by atoms with Crippen LogP contribution in [0.15, 0.2) is 77.3 Å². The number of aromatic nitrogens is 1. The van der Waals surface area contributed by atoms with Crippen LogP contribution in [-0.2, 0) is 0 Å². The molecule has 1 saturated heterocycles. The fourth-order valence-corrected chi connectivity index (χ4v) is 4.40. The Hall–Kier alpha value is -3.25. The van der Waals surface area contributed by atoms with Crippen molar-refractivity contribution in [3.05, 3.63) is 95.7 Å². The summed E-state index contributed by atoms with van der Waals surface area (Å²) in [6.07, 6.45) is 1.72. The summed E-state index contributed by atoms with van der Waals surface area (Å²) in [5, 5.41) is 5.14. The van der Waals surface area contributed by atoms with Gasteiger partial charge in [0, 0.05) is 23.9 Å². The Kier molecular flexibility index (Phi) is 5.86. The quantitative estimate of drug-likeness (QED) is 0.367. The van der Waals surface area contributed by atoms with Crippen molar-refractivity contribution in [3.8, 4) is 5.75 Å². The Morgan fingerprint density at radius 2 is 1.66 bits per heavy atom. The summed E-state index contributed by atoms with van der Waals surface area (Å²) < 4.78 is 38.4. The van der Waals surface area contributed by atoms with E-state index in [4.69, 9.17) is 9.26 Å². The Bertz CT molecular complexity index is 1170. The van der Waals surface area contributed by atoms with Crippen molar-refractivity contribution >= 4 is 11.0 Å². The van der Waals surface area contributed by atoms with Gasteiger partial charge in [-0.05, 0) is 67.9 Å². The predicted octanol–water partition coefficient (Wildman–Crippen LogP) is 6.11. The smallest absolute Gasteiger partial charge is 0.170 e. The van der Waals surface area contributed by atoms with Crippen molar-refractivity contribution in [3.63, 3.8) is 0 Å². The molecule has 0 spiro atoms. The Morgan fingerprint density at radius 1 is 0.938 bits per heavy atom. The molecule has 4 aromatic rings. The molecule has 3 aromatic carbocycles. The van der Waals surface area contributed by atoms with E-state index in [2.05, 4.69) is 22.2 Å². The Balaban J connectivity index is 1.27. The van der Waals surface area contributed by atoms with Crippen LogP contribution in [0.1, 0.15) is 36.1 Å². The molecule has 1 aliphatic rings. The fourth-order valence-electron chi connectivity index (χ4n) is 4.40. The van der Waals surface area contributed by atoms with Crippen molar-refractivity contribution in [2.24, 2.45) is 0 Å². The molecular weight excluding hydrogens is 410 g/mol. The highest BCUT2D eigenvalue weighted by molar-refractivity contribution is 5.79. The molecule has 6 heteroatoms. The van der Waals surface area contributed by atoms with Crippen LogP contribution in [0.4, 0.5) is 8.78 Å². The number of halogens is 2. The van der Waals surface area contributed by atoms with Gasteiger partial charge in [-0.2, -0.15) is 0 Å². The second-order valence-corrected chi connectivity index (χ2v) is 8.25. The van der Waals surface area contributed by atoms with Gasteiger partial charge in [-0.15, -0.1) is 0 Å². The average molecular weight is 434 g/mol. The van der Waals surface area contributed by atoms with Gasteiger partial charge in [0.1, 0.15) is 23.5 Å². The Morgan fingerprint density at radius 3 is 2.41 bits per heavy atom. The molecule has 4 nitrogen and oxygen atoms in total. The van der Waals surface area contributed by atoms with Gasteiger partial charge < -0.3 is 9.26 Å². The normalized spacial score (nSPS) is 16.3. The molecule has 1 aromatic heterocycles. The summed E-state index contributed by atoms with van der Waals surface area (Å²) in [5.41, 5.74) is 2.50. The van der Waals surface area contributed by atoms with E-state index in [1.807, 2.05) is 18.2 Å². The monoisotopic (exact) mass is 434 g/mol. The number of nitrogens with zero attached hydrogens (tertiary/aromatic N) is 2. The van der Waals surface area contributed by atoms with E-state index >= 15 is 0 Å². The zero-order valence-corrected chi connectivity index (χ0v) is 17.6. The molecule has 5 rings (SSSR count). The lowest BCUT2D eigenvalue weighted by Gasteiger charge is -2.34. The number of hydrogen-bond donors (Lipinski definition) is 0. The zero-order valence-electron chi connectivity index (χ0n) is 17.6. The van der Waals surface area contributed by atoms with Gasteiger partial charge in [0.15, 0.2) is 5.58 Å². The molecule has 0 aliphatic carbocycles. The number of benzene rings is 3. The van der Waals surface area contributed by atoms with Crippen LogP contribution < -0.4 is 4.74 Å². The van der Waals surface area contributed by atoms with Crippen molar-refractivity contribution in [2.45, 2.75) is 24.9 Å². The molecule has 0 amide bonds. The van der Waals surface area contributed by atoms with E-state index in [1.54, 1.807) is 18.2 Å². The molecule has 0 bridgehead atoms. The highest BCUT2D eigenvalue weighted by Gasteiger charge is 2.27. The molecule has 1 fully saturated rings. The third-order valence-corrected chi connectivity index (χ3v) is 6.12. The highest BCUT2D eigenvalue weighted by atomic mass is 19.1. The second-order valence-electron chi connectivity index (χ2n) is 8.25. The number of likely N-dealkylation sites (tertiary alicyclic amines) is 1. The first-order valence-electron chi connectivity index (χ1n) is 10.9. The highest BCUT2D eigenvalue weighted by Crippen LogP contribution is 2.34. The summed E-state index contributed by atoms with van der Waals surface area (Å²) in [5.74, 6) is 0.338. The second kappa shape index (κ2) is 9.09. The molecule has 0 saturated carbocycles. The van der Waals surface area contributed by atoms with Gasteiger partial charge in [0.25, 0.3) is 0 Å². The molecular formula is C26H24F2N2O2. The van der Waals surface area contributed by atoms with Crippen LogP contribution in [0.3, 0.4) is 0 Å². The van der Waals surface area contributed by atoms with E-state index in [-0.39, 0.29) is 23.7 Å².